The molecule has 2 fully saturated rings. The predicted molar refractivity (Wildman–Crippen MR) is 48.7 cm³/mol. The molecule has 12 heavy (non-hydrogen) atoms. The Morgan fingerprint density at radius 3 is 3.00 bits per heavy atom. The Hall–Kier alpha value is -0.350. The number of thiocarbonyl (C=S) groups is 1. The number of ether oxygens (including phenoxy) is 1. The van der Waals surface area contributed by atoms with Crippen molar-refractivity contribution in [3.8, 4) is 0 Å². The highest BCUT2D eigenvalue weighted by Gasteiger charge is 2.39. The number of fused-ring (bicyclic) bond motifs is 1. The van der Waals surface area contributed by atoms with E-state index < -0.39 is 0 Å². The van der Waals surface area contributed by atoms with Crippen LogP contribution in [0.1, 0.15) is 25.7 Å². The molecule has 1 N–H and O–H groups in total. The van der Waals surface area contributed by atoms with Gasteiger partial charge in [0.1, 0.15) is 12.8 Å². The third kappa shape index (κ3) is 1.19. The molecule has 1 saturated heterocycles. The molecule has 0 aromatic heterocycles. The average Bonchev–Trinajstić information content (AvgIpc) is 2.40. The van der Waals surface area contributed by atoms with Gasteiger partial charge in [0.25, 0.3) is 5.17 Å². The highest BCUT2D eigenvalue weighted by Crippen LogP contribution is 2.31. The van der Waals surface area contributed by atoms with Gasteiger partial charge in [0.2, 0.25) is 0 Å². The summed E-state index contributed by atoms with van der Waals surface area (Å²) in [6.45, 7) is 0. The summed E-state index contributed by atoms with van der Waals surface area (Å²) in [7, 11) is 0. The number of nitrogens with zero attached hydrogens (tertiary/aromatic N) is 1. The zero-order valence-corrected chi connectivity index (χ0v) is 7.72. The van der Waals surface area contributed by atoms with Crippen LogP contribution in [-0.4, -0.2) is 34.1 Å². The fraction of sp³-hybridized carbons (Fsp3) is 0.875. The fourth-order valence-electron chi connectivity index (χ4n) is 2.07. The lowest BCUT2D eigenvalue weighted by Crippen LogP contribution is -2.38. The minimum atomic E-state index is 0. The first-order chi connectivity index (χ1) is 5.83. The van der Waals surface area contributed by atoms with E-state index in [0.29, 0.717) is 11.2 Å². The van der Waals surface area contributed by atoms with E-state index in [1.165, 1.54) is 12.8 Å². The summed E-state index contributed by atoms with van der Waals surface area (Å²) in [6.07, 6.45) is 4.89. The van der Waals surface area contributed by atoms with Gasteiger partial charge >= 0.3 is 0 Å². The Balaban J connectivity index is 2.10. The number of rotatable bonds is 1. The summed E-state index contributed by atoms with van der Waals surface area (Å²) in [4.78, 5) is 1.79. The molecular formula is C8H13NO2S. The van der Waals surface area contributed by atoms with E-state index in [4.69, 9.17) is 22.1 Å². The van der Waals surface area contributed by atoms with Crippen LogP contribution in [0.15, 0.2) is 0 Å². The van der Waals surface area contributed by atoms with E-state index in [0.717, 1.165) is 12.8 Å². The summed E-state index contributed by atoms with van der Waals surface area (Å²) < 4.78 is 5.47. The second kappa shape index (κ2) is 3.18. The fourth-order valence-corrected chi connectivity index (χ4v) is 2.38. The van der Waals surface area contributed by atoms with Crippen LogP contribution < -0.4 is 0 Å². The van der Waals surface area contributed by atoms with Crippen molar-refractivity contribution in [3.05, 3.63) is 0 Å². The summed E-state index contributed by atoms with van der Waals surface area (Å²) >= 11 is 5.00. The zero-order chi connectivity index (χ0) is 8.55. The van der Waals surface area contributed by atoms with Gasteiger partial charge in [-0.1, -0.05) is 6.42 Å². The van der Waals surface area contributed by atoms with Crippen molar-refractivity contribution < 1.29 is 9.84 Å². The van der Waals surface area contributed by atoms with Crippen molar-refractivity contribution in [1.29, 1.82) is 0 Å². The summed E-state index contributed by atoms with van der Waals surface area (Å²) in [5.74, 6) is 0. The van der Waals surface area contributed by atoms with Gasteiger partial charge < -0.3 is 14.7 Å². The second-order valence-corrected chi connectivity index (χ2v) is 3.73. The third-order valence-corrected chi connectivity index (χ3v) is 3.04. The minimum Gasteiger partial charge on any atom is -0.465 e. The molecule has 2 atom stereocenters. The molecule has 0 aromatic rings. The van der Waals surface area contributed by atoms with Crippen molar-refractivity contribution in [3.63, 3.8) is 0 Å². The molecule has 1 aliphatic heterocycles. The van der Waals surface area contributed by atoms with Gasteiger partial charge in [-0.15, -0.1) is 0 Å². The first-order valence-corrected chi connectivity index (χ1v) is 4.82. The van der Waals surface area contributed by atoms with Gasteiger partial charge in [-0.05, 0) is 31.5 Å². The Kier molecular flexibility index (Phi) is 2.19. The molecule has 1 aliphatic carbocycles. The van der Waals surface area contributed by atoms with Crippen molar-refractivity contribution in [2.75, 3.05) is 6.73 Å². The summed E-state index contributed by atoms with van der Waals surface area (Å²) in [6, 6.07) is 0.344. The maximum Gasteiger partial charge on any atom is 0.261 e. The third-order valence-electron chi connectivity index (χ3n) is 2.71. The molecule has 68 valence electrons. The van der Waals surface area contributed by atoms with Crippen molar-refractivity contribution >= 4 is 17.4 Å². The maximum atomic E-state index is 9.03. The Bertz CT molecular complexity index is 197. The Labute approximate surface area is 77.3 Å². The molecule has 2 rings (SSSR count). The molecule has 0 spiro atoms. The van der Waals surface area contributed by atoms with Gasteiger partial charge in [-0.25, -0.2) is 0 Å². The van der Waals surface area contributed by atoms with Crippen LogP contribution in [0.2, 0.25) is 0 Å². The number of hydrogen-bond acceptors (Lipinski definition) is 3. The molecule has 3 nitrogen and oxygen atoms in total. The van der Waals surface area contributed by atoms with Gasteiger partial charge in [0.15, 0.2) is 0 Å². The zero-order valence-electron chi connectivity index (χ0n) is 6.90. The van der Waals surface area contributed by atoms with Crippen LogP contribution >= 0.6 is 12.2 Å². The van der Waals surface area contributed by atoms with Crippen LogP contribution in [0.5, 0.6) is 0 Å². The SMILES string of the molecule is OCN1C(=S)OC2CCCCC21. The normalized spacial score (nSPS) is 34.8. The molecule has 0 bridgehead atoms. The molecular weight excluding hydrogens is 174 g/mol. The quantitative estimate of drug-likeness (QED) is 0.617. The van der Waals surface area contributed by atoms with Gasteiger partial charge in [-0.3, -0.25) is 0 Å². The van der Waals surface area contributed by atoms with Crippen LogP contribution in [0.25, 0.3) is 0 Å². The van der Waals surface area contributed by atoms with Crippen molar-refractivity contribution in [2.45, 2.75) is 37.8 Å². The van der Waals surface area contributed by atoms with Crippen LogP contribution in [0.4, 0.5) is 0 Å². The number of aliphatic hydroxyl groups excluding tert-OH is 1. The molecule has 2 aliphatic rings. The molecule has 4 heteroatoms. The number of aliphatic hydroxyl groups is 1. The number of hydrogen-bond donors (Lipinski definition) is 1. The van der Waals surface area contributed by atoms with E-state index in [2.05, 4.69) is 0 Å². The molecule has 0 radical (unpaired) electrons. The first-order valence-electron chi connectivity index (χ1n) is 4.41. The van der Waals surface area contributed by atoms with Gasteiger partial charge in [0, 0.05) is 0 Å². The molecule has 0 aromatic carbocycles. The predicted octanol–water partition coefficient (Wildman–Crippen LogP) is 0.865. The largest absolute Gasteiger partial charge is 0.465 e. The van der Waals surface area contributed by atoms with E-state index in [1.807, 2.05) is 0 Å². The smallest absolute Gasteiger partial charge is 0.261 e. The monoisotopic (exact) mass is 187 g/mol. The van der Waals surface area contributed by atoms with E-state index >= 15 is 0 Å². The van der Waals surface area contributed by atoms with Gasteiger partial charge in [-0.2, -0.15) is 0 Å². The van der Waals surface area contributed by atoms with Crippen LogP contribution in [0, 0.1) is 0 Å². The molecule has 0 amide bonds. The lowest BCUT2D eigenvalue weighted by Gasteiger charge is -2.27. The first kappa shape index (κ1) is 8.26. The Morgan fingerprint density at radius 1 is 1.50 bits per heavy atom. The molecule has 2 unspecified atom stereocenters. The van der Waals surface area contributed by atoms with E-state index in [-0.39, 0.29) is 12.8 Å². The van der Waals surface area contributed by atoms with Crippen molar-refractivity contribution in [1.82, 2.24) is 4.90 Å². The summed E-state index contributed by atoms with van der Waals surface area (Å²) in [5, 5.41) is 9.51. The van der Waals surface area contributed by atoms with Gasteiger partial charge in [0.05, 0.1) is 6.04 Å². The molecule has 1 heterocycles. The highest BCUT2D eigenvalue weighted by atomic mass is 32.1. The minimum absolute atomic E-state index is 0. The highest BCUT2D eigenvalue weighted by molar-refractivity contribution is 7.80. The second-order valence-electron chi connectivity index (χ2n) is 3.39. The summed E-state index contributed by atoms with van der Waals surface area (Å²) in [5.41, 5.74) is 0. The molecule has 1 saturated carbocycles. The van der Waals surface area contributed by atoms with Crippen LogP contribution in [0.3, 0.4) is 0 Å². The topological polar surface area (TPSA) is 32.7 Å². The van der Waals surface area contributed by atoms with E-state index in [9.17, 15) is 0 Å². The lowest BCUT2D eigenvalue weighted by atomic mass is 9.93. The Morgan fingerprint density at radius 2 is 2.25 bits per heavy atom. The van der Waals surface area contributed by atoms with E-state index in [1.54, 1.807) is 4.90 Å². The maximum absolute atomic E-state index is 9.03. The lowest BCUT2D eigenvalue weighted by molar-refractivity contribution is 0.102. The van der Waals surface area contributed by atoms with Crippen molar-refractivity contribution in [2.24, 2.45) is 0 Å². The van der Waals surface area contributed by atoms with Crippen LogP contribution in [-0.2, 0) is 4.74 Å². The average molecular weight is 187 g/mol. The standard InChI is InChI=1S/C8H13NO2S/c10-5-9-6-3-1-2-4-7(6)11-8(9)12/h6-7,10H,1-5H2.